The van der Waals surface area contributed by atoms with Crippen LogP contribution >= 0.6 is 12.2 Å². The Kier molecular flexibility index (Phi) is 10.2. The summed E-state index contributed by atoms with van der Waals surface area (Å²) in [5.41, 5.74) is -3.82. The molecular formula is C26H38F3N5O4S. The summed E-state index contributed by atoms with van der Waals surface area (Å²) in [6.45, 7) is 11.2. The molecule has 4 N–H and O–H groups in total. The van der Waals surface area contributed by atoms with Gasteiger partial charge < -0.3 is 25.7 Å². The number of halogens is 3. The fourth-order valence-electron chi connectivity index (χ4n) is 3.95. The second-order valence-electron chi connectivity index (χ2n) is 11.4. The topological polar surface area (TPSA) is 127 Å². The maximum Gasteiger partial charge on any atom is 0.417 e. The number of amides is 2. The first-order chi connectivity index (χ1) is 17.7. The molecule has 1 unspecified atom stereocenters. The zero-order valence-corrected chi connectivity index (χ0v) is 24.1. The number of aromatic nitrogens is 1. The molecule has 2 amide bonds. The van der Waals surface area contributed by atoms with E-state index < -0.39 is 57.3 Å². The highest BCUT2D eigenvalue weighted by molar-refractivity contribution is 7.81. The lowest BCUT2D eigenvalue weighted by Crippen LogP contribution is -2.47. The molecule has 1 aliphatic rings. The van der Waals surface area contributed by atoms with Crippen molar-refractivity contribution in [2.75, 3.05) is 18.4 Å². The van der Waals surface area contributed by atoms with Crippen molar-refractivity contribution in [3.8, 4) is 0 Å². The summed E-state index contributed by atoms with van der Waals surface area (Å²) in [5.74, 6) is -1.40. The lowest BCUT2D eigenvalue weighted by Gasteiger charge is -2.27. The van der Waals surface area contributed by atoms with Crippen LogP contribution in [0.25, 0.3) is 0 Å². The second-order valence-corrected chi connectivity index (χ2v) is 11.8. The number of alkyl halides is 3. The number of anilines is 1. The minimum Gasteiger partial charge on any atom is -0.388 e. The van der Waals surface area contributed by atoms with Crippen molar-refractivity contribution in [3.63, 3.8) is 0 Å². The molecule has 1 aliphatic heterocycles. The molecule has 1 aromatic heterocycles. The third-order valence-electron chi connectivity index (χ3n) is 6.22. The van der Waals surface area contributed by atoms with Gasteiger partial charge in [0, 0.05) is 36.4 Å². The predicted octanol–water partition coefficient (Wildman–Crippen LogP) is 3.12. The third-order valence-corrected chi connectivity index (χ3v) is 6.66. The van der Waals surface area contributed by atoms with Gasteiger partial charge in [0.1, 0.15) is 5.82 Å². The van der Waals surface area contributed by atoms with Gasteiger partial charge in [-0.3, -0.25) is 14.6 Å². The number of aliphatic hydroxyl groups is 2. The summed E-state index contributed by atoms with van der Waals surface area (Å²) < 4.78 is 42.5. The molecule has 2 heterocycles. The van der Waals surface area contributed by atoms with Crippen molar-refractivity contribution in [2.24, 2.45) is 4.99 Å². The first-order valence-corrected chi connectivity index (χ1v) is 13.1. The number of nitrogens with zero attached hydrogens (tertiary/aromatic N) is 3. The summed E-state index contributed by atoms with van der Waals surface area (Å²) in [4.78, 5) is 35.6. The van der Waals surface area contributed by atoms with Crippen LogP contribution < -0.4 is 10.6 Å². The van der Waals surface area contributed by atoms with E-state index in [1.165, 1.54) is 25.7 Å². The zero-order valence-electron chi connectivity index (χ0n) is 23.3. The molecule has 9 nitrogen and oxygen atoms in total. The zero-order chi connectivity index (χ0) is 29.9. The van der Waals surface area contributed by atoms with E-state index in [9.17, 15) is 33.0 Å². The Balaban J connectivity index is 2.51. The van der Waals surface area contributed by atoms with E-state index >= 15 is 0 Å². The van der Waals surface area contributed by atoms with E-state index in [-0.39, 0.29) is 24.1 Å². The Morgan fingerprint density at radius 3 is 2.36 bits per heavy atom. The Hall–Kier alpha value is -2.64. The van der Waals surface area contributed by atoms with Crippen molar-refractivity contribution in [2.45, 2.75) is 96.8 Å². The molecule has 0 aliphatic carbocycles. The fraction of sp³-hybridized carbons (Fsp3) is 0.654. The Labute approximate surface area is 232 Å². The van der Waals surface area contributed by atoms with E-state index in [2.05, 4.69) is 20.6 Å². The number of nitrogens with one attached hydrogen (secondary N) is 2. The van der Waals surface area contributed by atoms with Gasteiger partial charge in [-0.2, -0.15) is 13.2 Å². The molecule has 218 valence electrons. The van der Waals surface area contributed by atoms with Crippen LogP contribution in [-0.4, -0.2) is 84.9 Å². The van der Waals surface area contributed by atoms with Crippen LogP contribution in [0.3, 0.4) is 0 Å². The molecule has 2 rings (SSSR count). The Bertz CT molecular complexity index is 1110. The van der Waals surface area contributed by atoms with Gasteiger partial charge in [0.25, 0.3) is 11.8 Å². The summed E-state index contributed by atoms with van der Waals surface area (Å²) in [5, 5.41) is 25.2. The summed E-state index contributed by atoms with van der Waals surface area (Å²) in [7, 11) is 0. The van der Waals surface area contributed by atoms with Gasteiger partial charge in [-0.25, -0.2) is 4.98 Å². The van der Waals surface area contributed by atoms with Crippen molar-refractivity contribution in [1.82, 2.24) is 15.2 Å². The summed E-state index contributed by atoms with van der Waals surface area (Å²) in [6.07, 6.45) is -3.70. The average Bonchev–Trinajstić information content (AvgIpc) is 3.23. The van der Waals surface area contributed by atoms with E-state index in [1.54, 1.807) is 20.8 Å². The fourth-order valence-corrected chi connectivity index (χ4v) is 4.27. The molecule has 0 bridgehead atoms. The molecule has 0 radical (unpaired) electrons. The second kappa shape index (κ2) is 12.3. The summed E-state index contributed by atoms with van der Waals surface area (Å²) >= 11 is 5.44. The van der Waals surface area contributed by atoms with E-state index in [0.29, 0.717) is 19.4 Å². The quantitative estimate of drug-likeness (QED) is 0.203. The summed E-state index contributed by atoms with van der Waals surface area (Å²) in [6, 6.07) is -0.920. The molecule has 1 aromatic rings. The molecule has 0 saturated carbocycles. The molecule has 39 heavy (non-hydrogen) atoms. The normalized spacial score (nSPS) is 18.5. The minimum atomic E-state index is -4.81. The standard InChI is InChI=1S/C26H38F3N5O4S/c1-14-9-8-10-34(14)23(37)20(32-15(2)22(36)31-13-18(35)25(6,7)38)21(39)16-12-30-19(33-24(3,4)5)11-17(16)26(27,28)29/h11-12,14,18,20,35,38H,8-10,13H2,1-7H3,(H,30,33)(H,31,36)/t14-,18-,20?/m0/s1. The number of carbonyl (C=O) groups excluding carboxylic acids is 2. The molecule has 1 fully saturated rings. The van der Waals surface area contributed by atoms with Gasteiger partial charge in [0.15, 0.2) is 6.04 Å². The third kappa shape index (κ3) is 8.94. The number of rotatable bonds is 9. The first-order valence-electron chi connectivity index (χ1n) is 12.7. The molecule has 1 saturated heterocycles. The minimum absolute atomic E-state index is 0.0122. The lowest BCUT2D eigenvalue weighted by atomic mass is 9.99. The van der Waals surface area contributed by atoms with Crippen molar-refractivity contribution >= 4 is 40.4 Å². The van der Waals surface area contributed by atoms with Crippen LogP contribution in [0.5, 0.6) is 0 Å². The Morgan fingerprint density at radius 1 is 1.26 bits per heavy atom. The first kappa shape index (κ1) is 32.6. The number of thiocarbonyl (C=S) groups is 1. The highest BCUT2D eigenvalue weighted by Gasteiger charge is 2.40. The van der Waals surface area contributed by atoms with Crippen LogP contribution in [0.1, 0.15) is 72.4 Å². The number of aliphatic hydroxyl groups excluding tert-OH is 1. The Morgan fingerprint density at radius 2 is 1.87 bits per heavy atom. The van der Waals surface area contributed by atoms with Crippen LogP contribution in [0.4, 0.5) is 19.0 Å². The molecule has 3 atom stereocenters. The van der Waals surface area contributed by atoms with Crippen LogP contribution in [0.15, 0.2) is 17.3 Å². The van der Waals surface area contributed by atoms with Gasteiger partial charge >= 0.3 is 6.18 Å². The number of pyridine rings is 1. The maximum absolute atomic E-state index is 14.2. The maximum atomic E-state index is 14.2. The van der Waals surface area contributed by atoms with Crippen LogP contribution in [0, 0.1) is 0 Å². The molecule has 0 spiro atoms. The SMILES string of the molecule is CC(=NC(C(=O)N1CCC[C@@H]1C)C(=S)c1cnc(NC(C)(C)C)cc1C(F)(F)F)C(=O)NC[C@H](O)C(C)(C)O. The number of aliphatic imine (C=N–C) groups is 1. The number of hydrogen-bond acceptors (Lipinski definition) is 8. The number of likely N-dealkylation sites (tertiary alicyclic amines) is 1. The monoisotopic (exact) mass is 573 g/mol. The van der Waals surface area contributed by atoms with Crippen molar-refractivity contribution < 1.29 is 33.0 Å². The highest BCUT2D eigenvalue weighted by atomic mass is 32.1. The van der Waals surface area contributed by atoms with Gasteiger partial charge in [0.2, 0.25) is 0 Å². The van der Waals surface area contributed by atoms with Gasteiger partial charge in [-0.1, -0.05) is 12.2 Å². The van der Waals surface area contributed by atoms with E-state index in [4.69, 9.17) is 12.2 Å². The van der Waals surface area contributed by atoms with Crippen LogP contribution in [-0.2, 0) is 15.8 Å². The van der Waals surface area contributed by atoms with Gasteiger partial charge in [0.05, 0.1) is 27.8 Å². The predicted molar refractivity (Wildman–Crippen MR) is 147 cm³/mol. The average molecular weight is 574 g/mol. The smallest absolute Gasteiger partial charge is 0.388 e. The molecular weight excluding hydrogens is 535 g/mol. The van der Waals surface area contributed by atoms with E-state index in [0.717, 1.165) is 12.3 Å². The largest absolute Gasteiger partial charge is 0.417 e. The van der Waals surface area contributed by atoms with Crippen molar-refractivity contribution in [1.29, 1.82) is 0 Å². The number of carbonyl (C=O) groups is 2. The van der Waals surface area contributed by atoms with Crippen LogP contribution in [0.2, 0.25) is 0 Å². The van der Waals surface area contributed by atoms with E-state index in [1.807, 2.05) is 6.92 Å². The van der Waals surface area contributed by atoms with Gasteiger partial charge in [-0.15, -0.1) is 0 Å². The highest BCUT2D eigenvalue weighted by Crippen LogP contribution is 2.35. The van der Waals surface area contributed by atoms with Gasteiger partial charge in [-0.05, 0) is 67.4 Å². The van der Waals surface area contributed by atoms with Crippen molar-refractivity contribution in [3.05, 3.63) is 23.4 Å². The number of hydrogen-bond donors (Lipinski definition) is 4. The lowest BCUT2D eigenvalue weighted by molar-refractivity contribution is -0.138. The molecule has 13 heteroatoms. The molecule has 0 aromatic carbocycles.